The Bertz CT molecular complexity index is 76.0. The molecule has 2 nitrogen and oxygen atoms in total. The van der Waals surface area contributed by atoms with Crippen molar-refractivity contribution < 1.29 is 14.5 Å². The van der Waals surface area contributed by atoms with E-state index in [0.29, 0.717) is 0 Å². The molecule has 1 saturated carbocycles. The van der Waals surface area contributed by atoms with Gasteiger partial charge in [0.15, 0.2) is 0 Å². The molecule has 2 N–H and O–H groups in total. The Kier molecular flexibility index (Phi) is 8.36. The summed E-state index contributed by atoms with van der Waals surface area (Å²) in [6.45, 7) is 0. The Balaban J connectivity index is 0.000000236. The molecule has 0 aliphatic heterocycles. The summed E-state index contributed by atoms with van der Waals surface area (Å²) < 4.78 is 0. The summed E-state index contributed by atoms with van der Waals surface area (Å²) in [4.78, 5) is 0. The molecule has 0 spiro atoms. The summed E-state index contributed by atoms with van der Waals surface area (Å²) >= 11 is 6.56. The molecular weight excluding hydrogens is 443 g/mol. The van der Waals surface area contributed by atoms with Crippen molar-refractivity contribution >= 4 is 26.6 Å². The van der Waals surface area contributed by atoms with Gasteiger partial charge in [0.1, 0.15) is 0 Å². The molecule has 0 aromatic carbocycles. The van der Waals surface area contributed by atoms with Crippen molar-refractivity contribution in [1.82, 2.24) is 0 Å². The van der Waals surface area contributed by atoms with Gasteiger partial charge in [0.05, 0.1) is 0 Å². The number of rotatable bonds is 0. The minimum absolute atomic E-state index is 0.0694. The first-order valence-electron chi connectivity index (χ1n) is 2.97. The van der Waals surface area contributed by atoms with Gasteiger partial charge in [-0.3, -0.25) is 0 Å². The van der Waals surface area contributed by atoms with Gasteiger partial charge in [0.2, 0.25) is 0 Å². The Morgan fingerprint density at radius 1 is 1.10 bits per heavy atom. The predicted octanol–water partition coefficient (Wildman–Crippen LogP) is 3.70. The molecular formula is C5H10Br2N2Pt. The smallest absolute Gasteiger partial charge is 0.0562 e. The Labute approximate surface area is 83.3 Å². The molecule has 0 aromatic rings. The standard InChI is InChI=1S/C5H10N2.2BrH.Pt/c6-4-2-1-3-5(4)7;;;/h4-7H,1-3H2;2*1H;/q-2;;;+4/p-2. The van der Waals surface area contributed by atoms with Gasteiger partial charge in [-0.25, -0.2) is 0 Å². The van der Waals surface area contributed by atoms with E-state index in [1.54, 1.807) is 0 Å². The maximum absolute atomic E-state index is 7.15. The first-order chi connectivity index (χ1) is 4.72. The largest absolute Gasteiger partial charge is 0.676 e. The maximum Gasteiger partial charge on any atom is -0.0562 e. The molecule has 2 atom stereocenters. The molecule has 1 aliphatic carbocycles. The second kappa shape index (κ2) is 7.23. The molecule has 1 aliphatic rings. The monoisotopic (exact) mass is 451 g/mol. The van der Waals surface area contributed by atoms with Crippen LogP contribution in [0.5, 0.6) is 0 Å². The summed E-state index contributed by atoms with van der Waals surface area (Å²) in [6.07, 6.45) is 3.00. The van der Waals surface area contributed by atoms with Crippen LogP contribution in [0.4, 0.5) is 0 Å². The first-order valence-corrected chi connectivity index (χ1v) is 12.9. The number of hydrogen-bond acceptors (Lipinski definition) is 0. The van der Waals surface area contributed by atoms with Crippen molar-refractivity contribution in [2.45, 2.75) is 31.3 Å². The van der Waals surface area contributed by atoms with Crippen molar-refractivity contribution in [3.05, 3.63) is 11.5 Å². The Morgan fingerprint density at radius 2 is 1.40 bits per heavy atom. The molecule has 0 amide bonds. The van der Waals surface area contributed by atoms with Crippen LogP contribution in [0.25, 0.3) is 11.5 Å². The van der Waals surface area contributed by atoms with E-state index in [2.05, 4.69) is 26.6 Å². The third kappa shape index (κ3) is 5.25. The number of halogens is 2. The second-order valence-corrected chi connectivity index (χ2v) is 12.1. The van der Waals surface area contributed by atoms with E-state index in [1.807, 2.05) is 0 Å². The molecule has 0 bridgehead atoms. The molecule has 5 heteroatoms. The van der Waals surface area contributed by atoms with E-state index >= 15 is 0 Å². The molecule has 1 rings (SSSR count). The van der Waals surface area contributed by atoms with Crippen LogP contribution in [-0.4, -0.2) is 12.1 Å². The van der Waals surface area contributed by atoms with E-state index < -0.39 is 0 Å². The molecule has 1 fully saturated rings. The minimum Gasteiger partial charge on any atom is -0.676 e. The first kappa shape index (κ1) is 11.6. The van der Waals surface area contributed by atoms with Gasteiger partial charge in [0.25, 0.3) is 0 Å². The molecule has 0 heterocycles. The van der Waals surface area contributed by atoms with E-state index in [1.165, 1.54) is 0 Å². The minimum atomic E-state index is -0.0694. The Hall–Kier alpha value is 1.57. The van der Waals surface area contributed by atoms with Gasteiger partial charge in [0, 0.05) is 0 Å². The van der Waals surface area contributed by atoms with Gasteiger partial charge in [-0.05, 0) is 0 Å². The van der Waals surface area contributed by atoms with Gasteiger partial charge >= 0.3 is 41.0 Å². The summed E-state index contributed by atoms with van der Waals surface area (Å²) in [5.41, 5.74) is 14.3. The molecule has 0 radical (unpaired) electrons. The van der Waals surface area contributed by atoms with Gasteiger partial charge in [-0.2, -0.15) is 12.1 Å². The van der Waals surface area contributed by atoms with Crippen molar-refractivity contribution in [1.29, 1.82) is 0 Å². The Morgan fingerprint density at radius 3 is 1.50 bits per heavy atom. The van der Waals surface area contributed by atoms with Crippen molar-refractivity contribution in [2.75, 3.05) is 0 Å². The van der Waals surface area contributed by atoms with E-state index in [0.717, 1.165) is 19.3 Å². The van der Waals surface area contributed by atoms with Gasteiger partial charge < -0.3 is 11.5 Å². The molecule has 0 saturated heterocycles. The average Bonchev–Trinajstić information content (AvgIpc) is 2.19. The van der Waals surface area contributed by atoms with Crippen molar-refractivity contribution in [3.8, 4) is 0 Å². The van der Waals surface area contributed by atoms with Crippen LogP contribution in [0.3, 0.4) is 0 Å². The van der Waals surface area contributed by atoms with E-state index in [9.17, 15) is 0 Å². The van der Waals surface area contributed by atoms with Crippen LogP contribution in [0, 0.1) is 0 Å². The summed E-state index contributed by atoms with van der Waals surface area (Å²) in [5, 5.41) is 0. The SMILES string of the molecule is [Br][Pt+2][Br].[NH-]C1CCCC1[NH-]. The van der Waals surface area contributed by atoms with Crippen LogP contribution in [0.1, 0.15) is 19.3 Å². The van der Waals surface area contributed by atoms with Gasteiger partial charge in [-0.15, -0.1) is 0 Å². The fourth-order valence-corrected chi connectivity index (χ4v) is 0.960. The molecule has 2 unspecified atom stereocenters. The van der Waals surface area contributed by atoms with Crippen molar-refractivity contribution in [2.24, 2.45) is 0 Å². The molecule has 64 valence electrons. The zero-order valence-electron chi connectivity index (χ0n) is 5.35. The fourth-order valence-electron chi connectivity index (χ4n) is 0.960. The van der Waals surface area contributed by atoms with E-state index in [4.69, 9.17) is 11.5 Å². The quantitative estimate of drug-likeness (QED) is 0.538. The number of nitrogens with one attached hydrogen (secondary N) is 2. The van der Waals surface area contributed by atoms with Gasteiger partial charge in [-0.1, -0.05) is 19.3 Å². The molecule has 10 heavy (non-hydrogen) atoms. The van der Waals surface area contributed by atoms with Crippen LogP contribution < -0.4 is 0 Å². The molecule has 0 aromatic heterocycles. The van der Waals surface area contributed by atoms with E-state index in [-0.39, 0.29) is 26.5 Å². The third-order valence-electron chi connectivity index (χ3n) is 1.52. The van der Waals surface area contributed by atoms with Crippen LogP contribution in [-0.2, 0) is 14.5 Å². The summed E-state index contributed by atoms with van der Waals surface area (Å²) in [7, 11) is 0. The van der Waals surface area contributed by atoms with Crippen LogP contribution >= 0.6 is 26.6 Å². The number of hydrogen-bond donors (Lipinski definition) is 0. The third-order valence-corrected chi connectivity index (χ3v) is 1.52. The second-order valence-electron chi connectivity index (χ2n) is 2.19. The zero-order valence-corrected chi connectivity index (χ0v) is 10.8. The fraction of sp³-hybridized carbons (Fsp3) is 1.00. The average molecular weight is 453 g/mol. The summed E-state index contributed by atoms with van der Waals surface area (Å²) in [6, 6.07) is -0.139. The zero-order chi connectivity index (χ0) is 7.98. The topological polar surface area (TPSA) is 47.6 Å². The summed E-state index contributed by atoms with van der Waals surface area (Å²) in [5.74, 6) is 0. The van der Waals surface area contributed by atoms with Crippen molar-refractivity contribution in [3.63, 3.8) is 0 Å². The predicted molar refractivity (Wildman–Crippen MR) is 47.9 cm³/mol. The maximum atomic E-state index is 7.15. The van der Waals surface area contributed by atoms with Crippen LogP contribution in [0.2, 0.25) is 0 Å². The normalized spacial score (nSPS) is 31.6. The van der Waals surface area contributed by atoms with Crippen LogP contribution in [0.15, 0.2) is 0 Å².